The highest BCUT2D eigenvalue weighted by molar-refractivity contribution is 7.98. The molecule has 172 valence electrons. The van der Waals surface area contributed by atoms with Gasteiger partial charge >= 0.3 is 5.69 Å². The quantitative estimate of drug-likeness (QED) is 0.400. The zero-order chi connectivity index (χ0) is 23.3. The van der Waals surface area contributed by atoms with Crippen molar-refractivity contribution in [1.29, 1.82) is 0 Å². The standard InChI is InChI=1S/C21H23N7O3S2/c1-24-18-17(19(30)25(2)21(24)31)28(12-22-18)11-16(29)26-6-8-27(9-7-26)20-23-14-5-4-13(32-3)10-15(14)33-20/h4-5,10,12H,6-9,11H2,1-3H3. The minimum absolute atomic E-state index is 0.00252. The maximum absolute atomic E-state index is 13.0. The van der Waals surface area contributed by atoms with Crippen LogP contribution in [-0.2, 0) is 25.4 Å². The third-order valence-corrected chi connectivity index (χ3v) is 7.81. The van der Waals surface area contributed by atoms with E-state index in [-0.39, 0.29) is 23.6 Å². The van der Waals surface area contributed by atoms with Crippen molar-refractivity contribution in [3.8, 4) is 0 Å². The van der Waals surface area contributed by atoms with E-state index in [1.54, 1.807) is 35.0 Å². The fourth-order valence-corrected chi connectivity index (χ4v) is 5.64. The van der Waals surface area contributed by atoms with Crippen LogP contribution in [0.5, 0.6) is 0 Å². The van der Waals surface area contributed by atoms with Gasteiger partial charge in [-0.2, -0.15) is 0 Å². The molecule has 0 atom stereocenters. The number of amides is 1. The van der Waals surface area contributed by atoms with Gasteiger partial charge in [0.1, 0.15) is 6.54 Å². The van der Waals surface area contributed by atoms with Gasteiger partial charge in [0.05, 0.1) is 16.5 Å². The van der Waals surface area contributed by atoms with E-state index in [0.29, 0.717) is 26.2 Å². The molecular weight excluding hydrogens is 462 g/mol. The molecular formula is C21H23N7O3S2. The van der Waals surface area contributed by atoms with Gasteiger partial charge in [0, 0.05) is 45.2 Å². The van der Waals surface area contributed by atoms with Crippen LogP contribution in [0.15, 0.2) is 39.0 Å². The molecule has 0 N–H and O–H groups in total. The highest BCUT2D eigenvalue weighted by Gasteiger charge is 2.24. The van der Waals surface area contributed by atoms with Crippen molar-refractivity contribution in [3.63, 3.8) is 0 Å². The van der Waals surface area contributed by atoms with Gasteiger partial charge in [0.15, 0.2) is 16.3 Å². The highest BCUT2D eigenvalue weighted by atomic mass is 32.2. The summed E-state index contributed by atoms with van der Waals surface area (Å²) in [5.41, 5.74) is 0.629. The number of rotatable bonds is 4. The maximum Gasteiger partial charge on any atom is 0.332 e. The average molecular weight is 486 g/mol. The Hall–Kier alpha value is -3.12. The second kappa shape index (κ2) is 8.34. The number of carbonyl (C=O) groups is 1. The van der Waals surface area contributed by atoms with Crippen molar-refractivity contribution in [2.24, 2.45) is 14.1 Å². The van der Waals surface area contributed by atoms with Crippen molar-refractivity contribution >= 4 is 55.5 Å². The first-order valence-electron chi connectivity index (χ1n) is 10.5. The summed E-state index contributed by atoms with van der Waals surface area (Å²) in [5, 5.41) is 0.973. The fourth-order valence-electron chi connectivity index (χ4n) is 4.06. The van der Waals surface area contributed by atoms with Gasteiger partial charge in [-0.3, -0.25) is 18.7 Å². The summed E-state index contributed by atoms with van der Waals surface area (Å²) in [6.07, 6.45) is 3.51. The molecule has 3 aromatic heterocycles. The number of fused-ring (bicyclic) bond motifs is 2. The number of hydrogen-bond donors (Lipinski definition) is 0. The Kier molecular flexibility index (Phi) is 5.49. The van der Waals surface area contributed by atoms with Crippen LogP contribution in [0, 0.1) is 0 Å². The van der Waals surface area contributed by atoms with Crippen molar-refractivity contribution in [1.82, 2.24) is 28.6 Å². The number of thiazole rings is 1. The van der Waals surface area contributed by atoms with Gasteiger partial charge in [-0.25, -0.2) is 14.8 Å². The van der Waals surface area contributed by atoms with E-state index in [1.165, 1.54) is 32.1 Å². The largest absolute Gasteiger partial charge is 0.345 e. The molecule has 4 heterocycles. The van der Waals surface area contributed by atoms with E-state index in [9.17, 15) is 14.4 Å². The molecule has 0 bridgehead atoms. The number of hydrogen-bond acceptors (Lipinski definition) is 8. The predicted molar refractivity (Wildman–Crippen MR) is 130 cm³/mol. The second-order valence-corrected chi connectivity index (χ2v) is 9.84. The number of nitrogens with zero attached hydrogens (tertiary/aromatic N) is 7. The molecule has 1 amide bonds. The van der Waals surface area contributed by atoms with Gasteiger partial charge in [-0.15, -0.1) is 11.8 Å². The Morgan fingerprint density at radius 3 is 2.61 bits per heavy atom. The normalized spacial score (nSPS) is 14.5. The number of aromatic nitrogens is 5. The zero-order valence-electron chi connectivity index (χ0n) is 18.5. The Bertz CT molecular complexity index is 1490. The number of benzene rings is 1. The molecule has 0 saturated carbocycles. The van der Waals surface area contributed by atoms with Crippen LogP contribution < -0.4 is 16.1 Å². The van der Waals surface area contributed by atoms with E-state index in [1.807, 2.05) is 0 Å². The summed E-state index contributed by atoms with van der Waals surface area (Å²) in [7, 11) is 2.98. The van der Waals surface area contributed by atoms with E-state index < -0.39 is 11.2 Å². The summed E-state index contributed by atoms with van der Waals surface area (Å²) in [5.74, 6) is -0.0845. The number of imidazole rings is 1. The van der Waals surface area contributed by atoms with Crippen molar-refractivity contribution < 1.29 is 4.79 Å². The Labute approximate surface area is 197 Å². The molecule has 1 aliphatic heterocycles. The minimum Gasteiger partial charge on any atom is -0.345 e. The van der Waals surface area contributed by atoms with Crippen molar-refractivity contribution in [2.75, 3.05) is 37.3 Å². The Morgan fingerprint density at radius 2 is 1.88 bits per heavy atom. The van der Waals surface area contributed by atoms with E-state index in [4.69, 9.17) is 4.98 Å². The molecule has 0 spiro atoms. The summed E-state index contributed by atoms with van der Waals surface area (Å²) < 4.78 is 5.04. The zero-order valence-corrected chi connectivity index (χ0v) is 20.1. The van der Waals surface area contributed by atoms with E-state index in [0.717, 1.165) is 15.2 Å². The summed E-state index contributed by atoms with van der Waals surface area (Å²) in [4.78, 5) is 51.9. The maximum atomic E-state index is 13.0. The molecule has 0 aliphatic carbocycles. The summed E-state index contributed by atoms with van der Waals surface area (Å²) in [6, 6.07) is 6.30. The SMILES string of the molecule is CSc1ccc2nc(N3CCN(C(=O)Cn4cnc5c4c(=O)n(C)c(=O)n5C)CC3)sc2c1. The number of anilines is 1. The molecule has 5 rings (SSSR count). The van der Waals surface area contributed by atoms with Crippen LogP contribution in [0.25, 0.3) is 21.4 Å². The highest BCUT2D eigenvalue weighted by Crippen LogP contribution is 2.32. The monoisotopic (exact) mass is 485 g/mol. The lowest BCUT2D eigenvalue weighted by atomic mass is 10.3. The summed E-state index contributed by atoms with van der Waals surface area (Å²) >= 11 is 3.39. The first-order chi connectivity index (χ1) is 15.9. The Morgan fingerprint density at radius 1 is 1.12 bits per heavy atom. The smallest absolute Gasteiger partial charge is 0.332 e. The number of piperazine rings is 1. The molecule has 4 aromatic rings. The predicted octanol–water partition coefficient (Wildman–Crippen LogP) is 1.11. The molecule has 33 heavy (non-hydrogen) atoms. The van der Waals surface area contributed by atoms with Crippen LogP contribution in [0.2, 0.25) is 0 Å². The van der Waals surface area contributed by atoms with Gasteiger partial charge in [-0.05, 0) is 24.5 Å². The number of thioether (sulfide) groups is 1. The van der Waals surface area contributed by atoms with Crippen LogP contribution in [-0.4, -0.2) is 66.9 Å². The van der Waals surface area contributed by atoms with Crippen LogP contribution in [0.3, 0.4) is 0 Å². The molecule has 1 fully saturated rings. The third-order valence-electron chi connectivity index (χ3n) is 6.01. The van der Waals surface area contributed by atoms with Gasteiger partial charge in [0.2, 0.25) is 5.91 Å². The van der Waals surface area contributed by atoms with Gasteiger partial charge in [-0.1, -0.05) is 11.3 Å². The number of carbonyl (C=O) groups excluding carboxylic acids is 1. The van der Waals surface area contributed by atoms with Crippen molar-refractivity contribution in [2.45, 2.75) is 11.4 Å². The van der Waals surface area contributed by atoms with E-state index in [2.05, 4.69) is 34.3 Å². The molecule has 12 heteroatoms. The Balaban J connectivity index is 1.30. The molecule has 10 nitrogen and oxygen atoms in total. The van der Waals surface area contributed by atoms with Crippen molar-refractivity contribution in [3.05, 3.63) is 45.4 Å². The minimum atomic E-state index is -0.455. The first-order valence-corrected chi connectivity index (χ1v) is 12.5. The molecule has 0 radical (unpaired) electrons. The topological polar surface area (TPSA) is 98.3 Å². The summed E-state index contributed by atoms with van der Waals surface area (Å²) in [6.45, 7) is 2.55. The number of aryl methyl sites for hydroxylation is 1. The van der Waals surface area contributed by atoms with Crippen LogP contribution in [0.1, 0.15) is 0 Å². The van der Waals surface area contributed by atoms with E-state index >= 15 is 0 Å². The lowest BCUT2D eigenvalue weighted by Gasteiger charge is -2.34. The second-order valence-electron chi connectivity index (χ2n) is 7.95. The fraction of sp³-hybridized carbons (Fsp3) is 0.381. The average Bonchev–Trinajstić information content (AvgIpc) is 3.45. The first kappa shape index (κ1) is 21.7. The lowest BCUT2D eigenvalue weighted by Crippen LogP contribution is -2.49. The van der Waals surface area contributed by atoms with Gasteiger partial charge < -0.3 is 14.4 Å². The molecule has 1 aromatic carbocycles. The third kappa shape index (κ3) is 3.72. The lowest BCUT2D eigenvalue weighted by molar-refractivity contribution is -0.132. The molecule has 0 unspecified atom stereocenters. The molecule has 1 saturated heterocycles. The van der Waals surface area contributed by atoms with Gasteiger partial charge in [0.25, 0.3) is 5.56 Å². The van der Waals surface area contributed by atoms with Crippen LogP contribution >= 0.6 is 23.1 Å². The molecule has 1 aliphatic rings. The van der Waals surface area contributed by atoms with Crippen LogP contribution in [0.4, 0.5) is 5.13 Å².